The number of nitriles is 1. The molecule has 1 aliphatic carbocycles. The molecule has 0 spiro atoms. The van der Waals surface area contributed by atoms with Crippen LogP contribution in [0.1, 0.15) is 38.8 Å². The van der Waals surface area contributed by atoms with Gasteiger partial charge in [-0.25, -0.2) is 20.4 Å². The summed E-state index contributed by atoms with van der Waals surface area (Å²) in [4.78, 5) is 16.7. The highest BCUT2D eigenvalue weighted by Crippen LogP contribution is 2.27. The van der Waals surface area contributed by atoms with E-state index in [4.69, 9.17) is 30.8 Å². The van der Waals surface area contributed by atoms with Crippen LogP contribution in [0.15, 0.2) is 42.5 Å². The first-order valence-electron chi connectivity index (χ1n) is 8.62. The zero-order valence-corrected chi connectivity index (χ0v) is 16.7. The summed E-state index contributed by atoms with van der Waals surface area (Å²) in [5, 5.41) is 27.4. The van der Waals surface area contributed by atoms with Gasteiger partial charge in [0.15, 0.2) is 0 Å². The molecule has 148 valence electrons. The van der Waals surface area contributed by atoms with Crippen molar-refractivity contribution in [3.05, 3.63) is 53.6 Å². The van der Waals surface area contributed by atoms with E-state index in [-0.39, 0.29) is 0 Å². The van der Waals surface area contributed by atoms with Crippen LogP contribution in [0.25, 0.3) is 16.8 Å². The van der Waals surface area contributed by atoms with Crippen molar-refractivity contribution < 1.29 is 14.7 Å². The molecule has 0 fully saturated rings. The number of aliphatic hydroxyl groups is 1. The molecule has 6 heteroatoms. The highest BCUT2D eigenvalue weighted by Gasteiger charge is 2.06. The zero-order chi connectivity index (χ0) is 21.9. The molecule has 0 atom stereocenters. The molecule has 0 saturated heterocycles. The maximum absolute atomic E-state index is 8.35. The van der Waals surface area contributed by atoms with Gasteiger partial charge in [-0.2, -0.15) is 5.26 Å². The molecule has 0 bridgehead atoms. The summed E-state index contributed by atoms with van der Waals surface area (Å²) in [5.74, 6) is 1.70. The summed E-state index contributed by atoms with van der Waals surface area (Å²) >= 11 is 0. The van der Waals surface area contributed by atoms with Gasteiger partial charge in [-0.1, -0.05) is 76.2 Å². The van der Waals surface area contributed by atoms with Crippen LogP contribution in [0.2, 0.25) is 0 Å². The molecule has 0 aliphatic heterocycles. The van der Waals surface area contributed by atoms with E-state index in [2.05, 4.69) is 76.2 Å². The Morgan fingerprint density at radius 2 is 1.39 bits per heavy atom. The molecule has 3 rings (SSSR count). The fourth-order valence-electron chi connectivity index (χ4n) is 2.07. The Hall–Kier alpha value is -3.51. The maximum atomic E-state index is 8.35. The van der Waals surface area contributed by atoms with Gasteiger partial charge >= 0.3 is 0 Å². The Morgan fingerprint density at radius 3 is 1.82 bits per heavy atom. The number of rotatable bonds is 1. The lowest BCUT2D eigenvalue weighted by atomic mass is 9.93. The van der Waals surface area contributed by atoms with Gasteiger partial charge in [-0.15, -0.1) is 0 Å². The van der Waals surface area contributed by atoms with Crippen LogP contribution in [0.3, 0.4) is 0 Å². The van der Waals surface area contributed by atoms with Crippen LogP contribution in [0, 0.1) is 34.2 Å². The van der Waals surface area contributed by atoms with Gasteiger partial charge < -0.3 is 5.11 Å². The summed E-state index contributed by atoms with van der Waals surface area (Å²) in [6.45, 7) is 8.96. The van der Waals surface area contributed by atoms with E-state index in [9.17, 15) is 0 Å². The van der Waals surface area contributed by atoms with Crippen molar-refractivity contribution >= 4 is 29.0 Å². The molecule has 1 aliphatic rings. The van der Waals surface area contributed by atoms with Crippen LogP contribution in [0.5, 0.6) is 0 Å². The molecule has 6 nitrogen and oxygen atoms in total. The van der Waals surface area contributed by atoms with E-state index in [1.165, 1.54) is 21.9 Å². The van der Waals surface area contributed by atoms with E-state index in [1.54, 1.807) is 0 Å². The molecule has 0 amide bonds. The van der Waals surface area contributed by atoms with Crippen molar-refractivity contribution in [2.24, 2.45) is 11.8 Å². The largest absolute Gasteiger partial charge is 0.443 e. The number of nitrogens with zero attached hydrogens (tertiary/aromatic N) is 1. The second-order valence-corrected chi connectivity index (χ2v) is 6.26. The monoisotopic (exact) mass is 381 g/mol. The van der Waals surface area contributed by atoms with Gasteiger partial charge in [0.2, 0.25) is 12.2 Å². The minimum Gasteiger partial charge on any atom is -0.443 e. The Labute approximate surface area is 166 Å². The average molecular weight is 381 g/mol. The molecule has 0 unspecified atom stereocenters. The van der Waals surface area contributed by atoms with Gasteiger partial charge in [0.05, 0.1) is 0 Å². The molecule has 2 aromatic carbocycles. The number of carbonyl (C=O) groups excluding carboxylic acids is 2. The maximum Gasteiger partial charge on any atom is 0.283 e. The standard InChI is InChI=1S/C13H10.C6H14.3CHNO/c1-4-10-6-2-8-12-9-3-7-11(5-1)13(10)12;1-5(2)6(3)4;3*2-1-3/h1-8H,9H2;5-6H,1-4H3;3H;2*2H. The lowest BCUT2D eigenvalue weighted by Crippen LogP contribution is -1.95. The topological polar surface area (TPSA) is 126 Å². The van der Waals surface area contributed by atoms with Crippen LogP contribution in [-0.4, -0.2) is 17.3 Å². The third-order valence-corrected chi connectivity index (χ3v) is 3.99. The highest BCUT2D eigenvalue weighted by atomic mass is 16.2. The normalized spacial score (nSPS) is 9.46. The van der Waals surface area contributed by atoms with Gasteiger partial charge in [0.1, 0.15) is 0 Å². The predicted octanol–water partition coefficient (Wildman–Crippen LogP) is 5.35. The first-order chi connectivity index (χ1) is 13.3. The van der Waals surface area contributed by atoms with Gasteiger partial charge in [0.25, 0.3) is 6.26 Å². The molecule has 0 aromatic heterocycles. The number of allylic oxidation sites excluding steroid dienone is 1. The number of isocyanates is 2. The molecular weight excluding hydrogens is 354 g/mol. The molecule has 2 aromatic rings. The minimum atomic E-state index is 0.750. The number of nitrogens with one attached hydrogen (secondary N) is 2. The molecule has 28 heavy (non-hydrogen) atoms. The summed E-state index contributed by atoms with van der Waals surface area (Å²) in [6, 6.07) is 13.0. The van der Waals surface area contributed by atoms with Crippen molar-refractivity contribution in [3.63, 3.8) is 0 Å². The third-order valence-electron chi connectivity index (χ3n) is 3.99. The van der Waals surface area contributed by atoms with E-state index in [1.807, 2.05) is 0 Å². The first-order valence-corrected chi connectivity index (χ1v) is 8.62. The van der Waals surface area contributed by atoms with E-state index in [0.29, 0.717) is 0 Å². The van der Waals surface area contributed by atoms with E-state index in [0.717, 1.165) is 36.7 Å². The highest BCUT2D eigenvalue weighted by molar-refractivity contribution is 5.94. The van der Waals surface area contributed by atoms with E-state index < -0.39 is 0 Å². The Morgan fingerprint density at radius 1 is 0.964 bits per heavy atom. The fraction of sp³-hybridized carbons (Fsp3) is 0.318. The molecule has 0 saturated carbocycles. The second-order valence-electron chi connectivity index (χ2n) is 6.26. The fourth-order valence-corrected chi connectivity index (χ4v) is 2.07. The van der Waals surface area contributed by atoms with Crippen LogP contribution >= 0.6 is 0 Å². The summed E-state index contributed by atoms with van der Waals surface area (Å²) in [7, 11) is 0. The van der Waals surface area contributed by atoms with Crippen LogP contribution in [0.4, 0.5) is 0 Å². The summed E-state index contributed by atoms with van der Waals surface area (Å²) in [5.41, 5.74) is 2.81. The molecular formula is C22H27N3O3. The van der Waals surface area contributed by atoms with Crippen LogP contribution in [-0.2, 0) is 16.0 Å². The van der Waals surface area contributed by atoms with E-state index >= 15 is 0 Å². The SMILES string of the molecule is C1=Cc2cccc3cccc(c23)C1.CC(C)C(C)C.N#CO.N=C=O.N=C=O. The minimum absolute atomic E-state index is 0.750. The lowest BCUT2D eigenvalue weighted by Gasteiger charge is -2.11. The predicted molar refractivity (Wildman–Crippen MR) is 111 cm³/mol. The number of benzene rings is 2. The number of hydrogen-bond acceptors (Lipinski definition) is 6. The third kappa shape index (κ3) is 11.2. The average Bonchev–Trinajstić information content (AvgIpc) is 2.65. The molecule has 0 heterocycles. The Bertz CT molecular complexity index is 814. The van der Waals surface area contributed by atoms with Crippen LogP contribution < -0.4 is 0 Å². The molecule has 0 radical (unpaired) electrons. The van der Waals surface area contributed by atoms with Crippen molar-refractivity contribution in [1.29, 1.82) is 16.1 Å². The van der Waals surface area contributed by atoms with Crippen molar-refractivity contribution in [2.45, 2.75) is 34.1 Å². The van der Waals surface area contributed by atoms with Gasteiger partial charge in [-0.3, -0.25) is 0 Å². The second kappa shape index (κ2) is 16.9. The summed E-state index contributed by atoms with van der Waals surface area (Å²) < 4.78 is 0. The zero-order valence-electron chi connectivity index (χ0n) is 16.7. The smallest absolute Gasteiger partial charge is 0.283 e. The summed E-state index contributed by atoms with van der Waals surface area (Å²) in [6.07, 6.45) is 7.78. The van der Waals surface area contributed by atoms with Crippen molar-refractivity contribution in [1.82, 2.24) is 0 Å². The Balaban J connectivity index is 0. The quantitative estimate of drug-likeness (QED) is 0.349. The number of hydrogen-bond donors (Lipinski definition) is 3. The lowest BCUT2D eigenvalue weighted by molar-refractivity contribution is 0.457. The number of aliphatic hydroxyl groups excluding tert-OH is 1. The molecule has 3 N–H and O–H groups in total. The van der Waals surface area contributed by atoms with Crippen molar-refractivity contribution in [2.75, 3.05) is 0 Å². The van der Waals surface area contributed by atoms with Crippen molar-refractivity contribution in [3.8, 4) is 6.26 Å². The first kappa shape index (κ1) is 26.7. The van der Waals surface area contributed by atoms with Gasteiger partial charge in [0, 0.05) is 0 Å². The van der Waals surface area contributed by atoms with Gasteiger partial charge in [-0.05, 0) is 40.2 Å². The Kier molecular flexibility index (Phi) is 16.2.